The summed E-state index contributed by atoms with van der Waals surface area (Å²) in [5.74, 6) is 0.837. The molecule has 4 heteroatoms. The van der Waals surface area contributed by atoms with Crippen LogP contribution in [0.4, 0.5) is 0 Å². The Labute approximate surface area is 123 Å². The van der Waals surface area contributed by atoms with Gasteiger partial charge in [-0.25, -0.2) is 4.98 Å². The fraction of sp³-hybridized carbons (Fsp3) is 0.176. The molecule has 1 atom stereocenters. The van der Waals surface area contributed by atoms with Gasteiger partial charge in [0.1, 0.15) is 5.82 Å². The second-order valence-electron chi connectivity index (χ2n) is 5.10. The topological polar surface area (TPSA) is 67.6 Å². The zero-order valence-electron chi connectivity index (χ0n) is 11.8. The van der Waals surface area contributed by atoms with Crippen LogP contribution >= 0.6 is 0 Å². The van der Waals surface area contributed by atoms with E-state index in [1.807, 2.05) is 55.5 Å². The molecule has 0 bridgehead atoms. The molecule has 104 valence electrons. The average molecular weight is 276 g/mol. The molecule has 0 amide bonds. The van der Waals surface area contributed by atoms with E-state index in [4.69, 9.17) is 5.73 Å². The minimum atomic E-state index is -0.161. The van der Waals surface area contributed by atoms with Gasteiger partial charge in [-0.1, -0.05) is 30.3 Å². The molecule has 2 aromatic carbocycles. The van der Waals surface area contributed by atoms with Gasteiger partial charge in [0.25, 0.3) is 0 Å². The molecule has 0 radical (unpaired) electrons. The smallest absolute Gasteiger partial charge is 0.126 e. The van der Waals surface area contributed by atoms with E-state index < -0.39 is 0 Å². The third-order valence-electron chi connectivity index (χ3n) is 3.56. The van der Waals surface area contributed by atoms with Gasteiger partial charge in [0.05, 0.1) is 35.3 Å². The highest BCUT2D eigenvalue weighted by atomic mass is 15.1. The van der Waals surface area contributed by atoms with Gasteiger partial charge in [0.15, 0.2) is 0 Å². The summed E-state index contributed by atoms with van der Waals surface area (Å²) in [6.45, 7) is 2.52. The summed E-state index contributed by atoms with van der Waals surface area (Å²) in [5, 5.41) is 9.24. The molecular formula is C17H16N4. The molecule has 3 rings (SSSR count). The first-order valence-electron chi connectivity index (χ1n) is 6.89. The van der Waals surface area contributed by atoms with Crippen LogP contribution in [0.15, 0.2) is 48.5 Å². The van der Waals surface area contributed by atoms with Crippen molar-refractivity contribution in [2.75, 3.05) is 0 Å². The highest BCUT2D eigenvalue weighted by molar-refractivity contribution is 5.76. The maximum Gasteiger partial charge on any atom is 0.126 e. The van der Waals surface area contributed by atoms with Gasteiger partial charge in [-0.3, -0.25) is 0 Å². The third kappa shape index (κ3) is 2.39. The summed E-state index contributed by atoms with van der Waals surface area (Å²) in [6.07, 6.45) is 0. The number of nitriles is 1. The van der Waals surface area contributed by atoms with E-state index in [-0.39, 0.29) is 6.04 Å². The Hall–Kier alpha value is -2.64. The third-order valence-corrected chi connectivity index (χ3v) is 3.56. The van der Waals surface area contributed by atoms with E-state index in [1.165, 1.54) is 0 Å². The summed E-state index contributed by atoms with van der Waals surface area (Å²) in [6, 6.07) is 17.7. The van der Waals surface area contributed by atoms with Crippen molar-refractivity contribution >= 4 is 11.0 Å². The summed E-state index contributed by atoms with van der Waals surface area (Å²) >= 11 is 0. The van der Waals surface area contributed by atoms with Gasteiger partial charge in [0, 0.05) is 0 Å². The number of fused-ring (bicyclic) bond motifs is 1. The number of para-hydroxylation sites is 2. The number of rotatable bonds is 3. The van der Waals surface area contributed by atoms with E-state index in [2.05, 4.69) is 15.6 Å². The van der Waals surface area contributed by atoms with E-state index in [0.29, 0.717) is 12.1 Å². The van der Waals surface area contributed by atoms with Crippen molar-refractivity contribution in [1.29, 1.82) is 5.26 Å². The Morgan fingerprint density at radius 1 is 1.19 bits per heavy atom. The van der Waals surface area contributed by atoms with Gasteiger partial charge in [-0.05, 0) is 30.7 Å². The van der Waals surface area contributed by atoms with Crippen LogP contribution in [-0.2, 0) is 6.54 Å². The maximum absolute atomic E-state index is 9.24. The fourth-order valence-corrected chi connectivity index (χ4v) is 2.55. The molecule has 0 spiro atoms. The zero-order chi connectivity index (χ0) is 14.8. The zero-order valence-corrected chi connectivity index (χ0v) is 11.8. The van der Waals surface area contributed by atoms with Gasteiger partial charge in [-0.2, -0.15) is 5.26 Å². The number of hydrogen-bond donors (Lipinski definition) is 1. The largest absolute Gasteiger partial charge is 0.322 e. The van der Waals surface area contributed by atoms with E-state index in [0.717, 1.165) is 22.4 Å². The van der Waals surface area contributed by atoms with Gasteiger partial charge in [-0.15, -0.1) is 0 Å². The molecule has 0 saturated heterocycles. The van der Waals surface area contributed by atoms with Crippen LogP contribution < -0.4 is 5.73 Å². The van der Waals surface area contributed by atoms with Crippen LogP contribution in [0.2, 0.25) is 0 Å². The lowest BCUT2D eigenvalue weighted by Crippen LogP contribution is -2.14. The lowest BCUT2D eigenvalue weighted by atomic mass is 10.1. The number of benzene rings is 2. The first-order chi connectivity index (χ1) is 10.2. The highest BCUT2D eigenvalue weighted by Crippen LogP contribution is 2.22. The summed E-state index contributed by atoms with van der Waals surface area (Å²) in [4.78, 5) is 4.62. The van der Waals surface area contributed by atoms with Crippen molar-refractivity contribution in [2.45, 2.75) is 19.5 Å². The fourth-order valence-electron chi connectivity index (χ4n) is 2.55. The number of hydrogen-bond acceptors (Lipinski definition) is 3. The highest BCUT2D eigenvalue weighted by Gasteiger charge is 2.14. The number of aromatic nitrogens is 2. The minimum Gasteiger partial charge on any atom is -0.322 e. The van der Waals surface area contributed by atoms with Gasteiger partial charge in [0.2, 0.25) is 0 Å². The Kier molecular flexibility index (Phi) is 3.43. The normalized spacial score (nSPS) is 12.2. The second kappa shape index (κ2) is 5.39. The van der Waals surface area contributed by atoms with Crippen LogP contribution in [0.5, 0.6) is 0 Å². The second-order valence-corrected chi connectivity index (χ2v) is 5.10. The molecule has 0 fully saturated rings. The van der Waals surface area contributed by atoms with Crippen molar-refractivity contribution in [3.05, 3.63) is 65.5 Å². The van der Waals surface area contributed by atoms with Crippen molar-refractivity contribution in [2.24, 2.45) is 5.73 Å². The molecule has 2 N–H and O–H groups in total. The molecular weight excluding hydrogens is 260 g/mol. The van der Waals surface area contributed by atoms with Crippen molar-refractivity contribution in [3.8, 4) is 6.07 Å². The van der Waals surface area contributed by atoms with Crippen molar-refractivity contribution in [3.63, 3.8) is 0 Å². The van der Waals surface area contributed by atoms with E-state index in [1.54, 1.807) is 0 Å². The first-order valence-corrected chi connectivity index (χ1v) is 6.89. The molecule has 1 unspecified atom stereocenters. The quantitative estimate of drug-likeness (QED) is 0.799. The molecule has 0 aliphatic carbocycles. The van der Waals surface area contributed by atoms with Gasteiger partial charge >= 0.3 is 0 Å². The Bertz CT molecular complexity index is 824. The predicted octanol–water partition coefficient (Wildman–Crippen LogP) is 2.98. The monoisotopic (exact) mass is 276 g/mol. The molecule has 4 nitrogen and oxygen atoms in total. The SMILES string of the molecule is CC(N)c1nc2ccccc2n1Cc1ccccc1C#N. The standard InChI is InChI=1S/C17H16N4/c1-12(19)17-20-15-8-4-5-9-16(15)21(17)11-14-7-3-2-6-13(14)10-18/h2-9,12H,11,19H2,1H3. The molecule has 1 aromatic heterocycles. The molecule has 21 heavy (non-hydrogen) atoms. The summed E-state index contributed by atoms with van der Waals surface area (Å²) in [7, 11) is 0. The lowest BCUT2D eigenvalue weighted by molar-refractivity contribution is 0.663. The van der Waals surface area contributed by atoms with Crippen molar-refractivity contribution < 1.29 is 0 Å². The lowest BCUT2D eigenvalue weighted by Gasteiger charge is -2.12. The Morgan fingerprint density at radius 3 is 2.67 bits per heavy atom. The number of imidazole rings is 1. The Balaban J connectivity index is 2.15. The van der Waals surface area contributed by atoms with Crippen LogP contribution in [0.3, 0.4) is 0 Å². The van der Waals surface area contributed by atoms with Crippen LogP contribution in [-0.4, -0.2) is 9.55 Å². The first kappa shape index (κ1) is 13.3. The summed E-state index contributed by atoms with van der Waals surface area (Å²) in [5.41, 5.74) is 9.69. The molecule has 0 saturated carbocycles. The molecule has 0 aliphatic heterocycles. The number of nitrogens with zero attached hydrogens (tertiary/aromatic N) is 3. The van der Waals surface area contributed by atoms with Gasteiger partial charge < -0.3 is 10.3 Å². The van der Waals surface area contributed by atoms with E-state index in [9.17, 15) is 5.26 Å². The summed E-state index contributed by atoms with van der Waals surface area (Å²) < 4.78 is 2.09. The minimum absolute atomic E-state index is 0.161. The molecule has 3 aromatic rings. The van der Waals surface area contributed by atoms with Crippen molar-refractivity contribution in [1.82, 2.24) is 9.55 Å². The molecule has 1 heterocycles. The average Bonchev–Trinajstić information content (AvgIpc) is 2.87. The van der Waals surface area contributed by atoms with Crippen LogP contribution in [0.1, 0.15) is 29.9 Å². The van der Waals surface area contributed by atoms with Crippen LogP contribution in [0, 0.1) is 11.3 Å². The number of nitrogens with two attached hydrogens (primary N) is 1. The van der Waals surface area contributed by atoms with Crippen LogP contribution in [0.25, 0.3) is 11.0 Å². The molecule has 0 aliphatic rings. The maximum atomic E-state index is 9.24. The van der Waals surface area contributed by atoms with E-state index >= 15 is 0 Å². The Morgan fingerprint density at radius 2 is 1.90 bits per heavy atom. The predicted molar refractivity (Wildman–Crippen MR) is 82.6 cm³/mol.